The van der Waals surface area contributed by atoms with Crippen molar-refractivity contribution in [1.82, 2.24) is 10.2 Å². The van der Waals surface area contributed by atoms with E-state index in [9.17, 15) is 27.6 Å². The first kappa shape index (κ1) is 18.6. The van der Waals surface area contributed by atoms with Crippen LogP contribution in [0.3, 0.4) is 0 Å². The molecule has 27 heavy (non-hydrogen) atoms. The van der Waals surface area contributed by atoms with Crippen LogP contribution in [-0.4, -0.2) is 29.3 Å². The Labute approximate surface area is 155 Å². The minimum atomic E-state index is -4.55. The predicted octanol–water partition coefficient (Wildman–Crippen LogP) is 3.30. The average molecular weight is 395 g/mol. The van der Waals surface area contributed by atoms with Crippen molar-refractivity contribution in [2.24, 2.45) is 0 Å². The van der Waals surface area contributed by atoms with Gasteiger partial charge in [0.05, 0.1) is 5.56 Å². The number of halogens is 3. The Balaban J connectivity index is 1.68. The number of thiophene rings is 1. The van der Waals surface area contributed by atoms with Crippen LogP contribution < -0.4 is 10.6 Å². The molecule has 10 heteroatoms. The molecule has 4 amide bonds. The fourth-order valence-electron chi connectivity index (χ4n) is 2.35. The SMILES string of the molecule is O=C(CN1C(=O)NC(=Cc2cccs2)C1=O)Nc1cccc(C(F)(F)F)c1. The van der Waals surface area contributed by atoms with E-state index in [0.29, 0.717) is 4.90 Å². The number of amides is 4. The van der Waals surface area contributed by atoms with Gasteiger partial charge in [-0.2, -0.15) is 13.2 Å². The molecule has 0 bridgehead atoms. The molecule has 0 aliphatic carbocycles. The van der Waals surface area contributed by atoms with E-state index in [2.05, 4.69) is 10.6 Å². The third-order valence-electron chi connectivity index (χ3n) is 3.57. The van der Waals surface area contributed by atoms with Gasteiger partial charge in [-0.15, -0.1) is 11.3 Å². The number of urea groups is 1. The molecular weight excluding hydrogens is 383 g/mol. The number of nitrogens with one attached hydrogen (secondary N) is 2. The summed E-state index contributed by atoms with van der Waals surface area (Å²) in [6, 6.07) is 6.82. The second-order valence-electron chi connectivity index (χ2n) is 5.52. The highest BCUT2D eigenvalue weighted by atomic mass is 32.1. The lowest BCUT2D eigenvalue weighted by atomic mass is 10.2. The van der Waals surface area contributed by atoms with Crippen molar-refractivity contribution >= 4 is 40.9 Å². The average Bonchev–Trinajstić information content (AvgIpc) is 3.19. The number of nitrogens with zero attached hydrogens (tertiary/aromatic N) is 1. The van der Waals surface area contributed by atoms with E-state index in [1.165, 1.54) is 23.5 Å². The number of carbonyl (C=O) groups excluding carboxylic acids is 3. The normalized spacial score (nSPS) is 16.0. The second-order valence-corrected chi connectivity index (χ2v) is 6.50. The van der Waals surface area contributed by atoms with Gasteiger partial charge in [0, 0.05) is 10.6 Å². The van der Waals surface area contributed by atoms with Crippen LogP contribution in [0.15, 0.2) is 47.5 Å². The Kier molecular flexibility index (Phi) is 5.00. The number of imide groups is 1. The monoisotopic (exact) mass is 395 g/mol. The lowest BCUT2D eigenvalue weighted by Gasteiger charge is -2.13. The van der Waals surface area contributed by atoms with Crippen LogP contribution in [0.1, 0.15) is 10.4 Å². The van der Waals surface area contributed by atoms with Gasteiger partial charge in [0.25, 0.3) is 5.91 Å². The smallest absolute Gasteiger partial charge is 0.325 e. The van der Waals surface area contributed by atoms with Crippen LogP contribution in [0, 0.1) is 0 Å². The summed E-state index contributed by atoms with van der Waals surface area (Å²) in [6.07, 6.45) is -3.07. The van der Waals surface area contributed by atoms with E-state index in [4.69, 9.17) is 0 Å². The fraction of sp³-hybridized carbons (Fsp3) is 0.118. The van der Waals surface area contributed by atoms with Crippen molar-refractivity contribution in [1.29, 1.82) is 0 Å². The van der Waals surface area contributed by atoms with Gasteiger partial charge in [-0.25, -0.2) is 9.69 Å². The molecule has 1 aliphatic heterocycles. The second kappa shape index (κ2) is 7.23. The van der Waals surface area contributed by atoms with Gasteiger partial charge >= 0.3 is 12.2 Å². The molecule has 3 rings (SSSR count). The molecule has 140 valence electrons. The number of carbonyl (C=O) groups is 3. The summed E-state index contributed by atoms with van der Waals surface area (Å²) in [5.74, 6) is -1.48. The van der Waals surface area contributed by atoms with E-state index in [1.54, 1.807) is 17.5 Å². The molecule has 0 unspecified atom stereocenters. The summed E-state index contributed by atoms with van der Waals surface area (Å²) in [6.45, 7) is -0.622. The van der Waals surface area contributed by atoms with Gasteiger partial charge < -0.3 is 10.6 Å². The highest BCUT2D eigenvalue weighted by Gasteiger charge is 2.35. The van der Waals surface area contributed by atoms with Crippen molar-refractivity contribution < 1.29 is 27.6 Å². The first-order valence-electron chi connectivity index (χ1n) is 7.59. The molecule has 0 spiro atoms. The summed E-state index contributed by atoms with van der Waals surface area (Å²) in [7, 11) is 0. The Morgan fingerprint density at radius 3 is 2.67 bits per heavy atom. The maximum Gasteiger partial charge on any atom is 0.416 e. The Morgan fingerprint density at radius 1 is 1.22 bits per heavy atom. The van der Waals surface area contributed by atoms with Gasteiger partial charge in [-0.3, -0.25) is 9.59 Å². The third-order valence-corrected chi connectivity index (χ3v) is 4.39. The van der Waals surface area contributed by atoms with Gasteiger partial charge in [0.2, 0.25) is 5.91 Å². The molecule has 6 nitrogen and oxygen atoms in total. The summed E-state index contributed by atoms with van der Waals surface area (Å²) < 4.78 is 38.1. The number of alkyl halides is 3. The largest absolute Gasteiger partial charge is 0.416 e. The molecule has 2 heterocycles. The van der Waals surface area contributed by atoms with E-state index in [0.717, 1.165) is 23.1 Å². The van der Waals surface area contributed by atoms with E-state index in [1.807, 2.05) is 0 Å². The van der Waals surface area contributed by atoms with Gasteiger partial charge in [0.1, 0.15) is 12.2 Å². The third kappa shape index (κ3) is 4.34. The first-order chi connectivity index (χ1) is 12.7. The molecule has 0 atom stereocenters. The lowest BCUT2D eigenvalue weighted by molar-refractivity contribution is -0.137. The Hall–Kier alpha value is -3.14. The summed E-state index contributed by atoms with van der Waals surface area (Å²) in [5, 5.41) is 6.42. The van der Waals surface area contributed by atoms with Crippen LogP contribution in [0.2, 0.25) is 0 Å². The van der Waals surface area contributed by atoms with Crippen molar-refractivity contribution in [3.05, 3.63) is 57.9 Å². The first-order valence-corrected chi connectivity index (χ1v) is 8.47. The number of anilines is 1. The zero-order valence-electron chi connectivity index (χ0n) is 13.5. The number of hydrogen-bond donors (Lipinski definition) is 2. The Bertz CT molecular complexity index is 923. The molecule has 0 radical (unpaired) electrons. The summed E-state index contributed by atoms with van der Waals surface area (Å²) >= 11 is 1.36. The maximum absolute atomic E-state index is 12.7. The molecule has 0 saturated carbocycles. The molecule has 2 aromatic rings. The summed E-state index contributed by atoms with van der Waals surface area (Å²) in [4.78, 5) is 37.7. The minimum Gasteiger partial charge on any atom is -0.325 e. The minimum absolute atomic E-state index is 0.0225. The highest BCUT2D eigenvalue weighted by molar-refractivity contribution is 7.10. The van der Waals surface area contributed by atoms with E-state index >= 15 is 0 Å². The molecule has 1 fully saturated rings. The molecular formula is C17H12F3N3O3S. The van der Waals surface area contributed by atoms with E-state index < -0.39 is 36.1 Å². The zero-order chi connectivity index (χ0) is 19.6. The van der Waals surface area contributed by atoms with Gasteiger partial charge in [-0.1, -0.05) is 12.1 Å². The lowest BCUT2D eigenvalue weighted by Crippen LogP contribution is -2.38. The fourth-order valence-corrected chi connectivity index (χ4v) is 3.01. The zero-order valence-corrected chi connectivity index (χ0v) is 14.4. The standard InChI is InChI=1S/C17H12F3N3O3S/c18-17(19,20)10-3-1-4-11(7-10)21-14(24)9-23-15(25)13(22-16(23)26)8-12-5-2-6-27-12/h1-8H,9H2,(H,21,24)(H,22,26). The maximum atomic E-state index is 12.7. The Morgan fingerprint density at radius 2 is 2.00 bits per heavy atom. The highest BCUT2D eigenvalue weighted by Crippen LogP contribution is 2.30. The molecule has 1 aliphatic rings. The molecule has 1 aromatic carbocycles. The number of rotatable bonds is 4. The molecule has 1 saturated heterocycles. The van der Waals surface area contributed by atoms with Crippen LogP contribution >= 0.6 is 11.3 Å². The van der Waals surface area contributed by atoms with Crippen molar-refractivity contribution in [3.8, 4) is 0 Å². The topological polar surface area (TPSA) is 78.5 Å². The number of benzene rings is 1. The van der Waals surface area contributed by atoms with Crippen LogP contribution in [0.5, 0.6) is 0 Å². The van der Waals surface area contributed by atoms with Crippen LogP contribution in [0.25, 0.3) is 6.08 Å². The van der Waals surface area contributed by atoms with Crippen molar-refractivity contribution in [3.63, 3.8) is 0 Å². The predicted molar refractivity (Wildman–Crippen MR) is 92.6 cm³/mol. The summed E-state index contributed by atoms with van der Waals surface area (Å²) in [5.41, 5.74) is -0.984. The van der Waals surface area contributed by atoms with Crippen LogP contribution in [-0.2, 0) is 15.8 Å². The number of hydrogen-bond acceptors (Lipinski definition) is 4. The molecule has 2 N–H and O–H groups in total. The van der Waals surface area contributed by atoms with Gasteiger partial charge in [0.15, 0.2) is 0 Å². The van der Waals surface area contributed by atoms with Gasteiger partial charge in [-0.05, 0) is 35.7 Å². The van der Waals surface area contributed by atoms with Crippen LogP contribution in [0.4, 0.5) is 23.7 Å². The van der Waals surface area contributed by atoms with Crippen molar-refractivity contribution in [2.45, 2.75) is 6.18 Å². The molecule has 1 aromatic heterocycles. The van der Waals surface area contributed by atoms with Crippen molar-refractivity contribution in [2.75, 3.05) is 11.9 Å². The van der Waals surface area contributed by atoms with E-state index in [-0.39, 0.29) is 11.4 Å². The quantitative estimate of drug-likeness (QED) is 0.616.